The Balaban J connectivity index is 1.34. The first-order chi connectivity index (χ1) is 17.8. The maximum Gasteiger partial charge on any atom is 0.271 e. The lowest BCUT2D eigenvalue weighted by atomic mass is 9.96. The van der Waals surface area contributed by atoms with E-state index in [9.17, 15) is 19.2 Å². The largest absolute Gasteiger partial charge is 0.482 e. The van der Waals surface area contributed by atoms with Crippen LogP contribution in [0.4, 0.5) is 5.69 Å². The molecule has 0 spiro atoms. The molecule has 1 fully saturated rings. The molecule has 0 aliphatic carbocycles. The third-order valence-corrected chi connectivity index (χ3v) is 6.73. The van der Waals surface area contributed by atoms with Gasteiger partial charge >= 0.3 is 0 Å². The van der Waals surface area contributed by atoms with E-state index in [0.29, 0.717) is 43.3 Å². The van der Waals surface area contributed by atoms with E-state index >= 15 is 0 Å². The number of nitrogens with one attached hydrogen (secondary N) is 1. The fraction of sp³-hybridized carbons (Fsp3) is 0.259. The molecule has 190 valence electrons. The van der Waals surface area contributed by atoms with E-state index < -0.39 is 11.8 Å². The van der Waals surface area contributed by atoms with Crippen molar-refractivity contribution in [2.24, 2.45) is 0 Å². The molecule has 1 N–H and O–H groups in total. The Morgan fingerprint density at radius 3 is 2.51 bits per heavy atom. The van der Waals surface area contributed by atoms with Crippen molar-refractivity contribution in [2.45, 2.75) is 6.54 Å². The molecule has 2 aromatic carbocycles. The minimum Gasteiger partial charge on any atom is -0.482 e. The van der Waals surface area contributed by atoms with E-state index in [4.69, 9.17) is 9.47 Å². The summed E-state index contributed by atoms with van der Waals surface area (Å²) in [6.07, 6.45) is 0. The average molecular weight is 503 g/mol. The van der Waals surface area contributed by atoms with Crippen molar-refractivity contribution < 1.29 is 28.7 Å². The fourth-order valence-corrected chi connectivity index (χ4v) is 4.60. The lowest BCUT2D eigenvalue weighted by Gasteiger charge is -2.27. The number of rotatable bonds is 5. The summed E-state index contributed by atoms with van der Waals surface area (Å²) in [5, 5.41) is 2.48. The summed E-state index contributed by atoms with van der Waals surface area (Å²) in [6.45, 7) is 9.30. The van der Waals surface area contributed by atoms with Gasteiger partial charge in [-0.15, -0.1) is 0 Å². The van der Waals surface area contributed by atoms with Gasteiger partial charge in [0.05, 0.1) is 31.1 Å². The van der Waals surface area contributed by atoms with E-state index in [-0.39, 0.29) is 36.4 Å². The molecule has 3 aliphatic rings. The van der Waals surface area contributed by atoms with Crippen LogP contribution in [0.1, 0.15) is 15.9 Å². The van der Waals surface area contributed by atoms with E-state index in [0.717, 1.165) is 16.7 Å². The Morgan fingerprint density at radius 1 is 1.03 bits per heavy atom. The predicted octanol–water partition coefficient (Wildman–Crippen LogP) is 1.67. The summed E-state index contributed by atoms with van der Waals surface area (Å²) < 4.78 is 10.8. The number of benzene rings is 2. The van der Waals surface area contributed by atoms with Crippen LogP contribution < -0.4 is 15.0 Å². The van der Waals surface area contributed by atoms with Gasteiger partial charge in [0.2, 0.25) is 0 Å². The van der Waals surface area contributed by atoms with Gasteiger partial charge in [0.25, 0.3) is 23.6 Å². The zero-order valence-electron chi connectivity index (χ0n) is 20.4. The molecular weight excluding hydrogens is 476 g/mol. The van der Waals surface area contributed by atoms with Gasteiger partial charge in [-0.25, -0.2) is 0 Å². The molecule has 4 amide bonds. The van der Waals surface area contributed by atoms with Crippen LogP contribution in [-0.2, 0) is 25.7 Å². The maximum atomic E-state index is 13.2. The lowest BCUT2D eigenvalue weighted by molar-refractivity contribution is -0.132. The SMILES string of the molecule is C=C(NC(=O)C(=C)N1Cc2c(cccc2-c2ccc3c(c2)N(C)C(=O)CO3)C1=O)C(=O)N1CCOCC1. The highest BCUT2D eigenvalue weighted by atomic mass is 16.5. The van der Waals surface area contributed by atoms with Crippen LogP contribution in [0.5, 0.6) is 5.75 Å². The number of fused-ring (bicyclic) bond motifs is 2. The van der Waals surface area contributed by atoms with Crippen molar-refractivity contribution in [1.29, 1.82) is 0 Å². The molecule has 10 heteroatoms. The number of anilines is 1. The van der Waals surface area contributed by atoms with Gasteiger partial charge in [-0.1, -0.05) is 31.4 Å². The van der Waals surface area contributed by atoms with Gasteiger partial charge < -0.3 is 24.6 Å². The number of carbonyl (C=O) groups excluding carboxylic acids is 4. The highest BCUT2D eigenvalue weighted by Gasteiger charge is 2.34. The number of ether oxygens (including phenoxy) is 2. The van der Waals surface area contributed by atoms with Crippen LogP contribution in [0.25, 0.3) is 11.1 Å². The molecule has 3 aliphatic heterocycles. The summed E-state index contributed by atoms with van der Waals surface area (Å²) in [6, 6.07) is 10.9. The Kier molecular flexibility index (Phi) is 6.26. The molecule has 0 atom stereocenters. The summed E-state index contributed by atoms with van der Waals surface area (Å²) in [5.41, 5.74) is 3.24. The third-order valence-electron chi connectivity index (χ3n) is 6.73. The van der Waals surface area contributed by atoms with Crippen LogP contribution in [-0.4, -0.2) is 73.4 Å². The van der Waals surface area contributed by atoms with Gasteiger partial charge in [-0.2, -0.15) is 0 Å². The van der Waals surface area contributed by atoms with Crippen molar-refractivity contribution in [1.82, 2.24) is 15.1 Å². The van der Waals surface area contributed by atoms with Crippen molar-refractivity contribution in [3.05, 3.63) is 72.1 Å². The van der Waals surface area contributed by atoms with Crippen LogP contribution in [0.3, 0.4) is 0 Å². The van der Waals surface area contributed by atoms with E-state index in [1.807, 2.05) is 18.2 Å². The summed E-state index contributed by atoms with van der Waals surface area (Å²) in [7, 11) is 1.69. The van der Waals surface area contributed by atoms with Gasteiger partial charge in [0.15, 0.2) is 6.61 Å². The number of amides is 4. The Hall–Kier alpha value is -4.44. The lowest BCUT2D eigenvalue weighted by Crippen LogP contribution is -2.45. The van der Waals surface area contributed by atoms with Gasteiger partial charge in [-0.05, 0) is 34.9 Å². The monoisotopic (exact) mass is 502 g/mol. The highest BCUT2D eigenvalue weighted by molar-refractivity contribution is 6.08. The summed E-state index contributed by atoms with van der Waals surface area (Å²) >= 11 is 0. The first-order valence-corrected chi connectivity index (χ1v) is 11.8. The normalized spacial score (nSPS) is 16.6. The van der Waals surface area contributed by atoms with Crippen molar-refractivity contribution in [2.75, 3.05) is 44.9 Å². The fourth-order valence-electron chi connectivity index (χ4n) is 4.60. The quantitative estimate of drug-likeness (QED) is 0.624. The Labute approximate surface area is 213 Å². The molecule has 0 saturated carbocycles. The predicted molar refractivity (Wildman–Crippen MR) is 134 cm³/mol. The van der Waals surface area contributed by atoms with Gasteiger partial charge in [0.1, 0.15) is 11.4 Å². The van der Waals surface area contributed by atoms with Crippen molar-refractivity contribution in [3.8, 4) is 16.9 Å². The minimum absolute atomic E-state index is 0.0122. The molecule has 0 aromatic heterocycles. The third kappa shape index (κ3) is 4.36. The minimum atomic E-state index is -0.680. The Morgan fingerprint density at radius 2 is 1.76 bits per heavy atom. The molecule has 1 saturated heterocycles. The standard InChI is InChI=1S/C27H26N4O6/c1-16(26(34)30-9-11-36-12-10-30)28-25(33)17(2)31-14-21-19(5-4-6-20(21)27(31)35)18-7-8-23-22(13-18)29(3)24(32)15-37-23/h4-8,13H,1-2,9-12,14-15H2,3H3,(H,28,33). The molecule has 5 rings (SSSR count). The maximum absolute atomic E-state index is 13.2. The van der Waals surface area contributed by atoms with Gasteiger partial charge in [-0.3, -0.25) is 24.1 Å². The second-order valence-corrected chi connectivity index (χ2v) is 8.93. The van der Waals surface area contributed by atoms with E-state index in [1.165, 1.54) is 4.90 Å². The van der Waals surface area contributed by atoms with E-state index in [1.54, 1.807) is 35.0 Å². The number of carbonyl (C=O) groups is 4. The molecule has 0 radical (unpaired) electrons. The molecule has 0 unspecified atom stereocenters. The van der Waals surface area contributed by atoms with Crippen LogP contribution in [0.15, 0.2) is 61.0 Å². The summed E-state index contributed by atoms with van der Waals surface area (Å²) in [5.74, 6) is -0.993. The van der Waals surface area contributed by atoms with Crippen LogP contribution in [0, 0.1) is 0 Å². The molecule has 2 aromatic rings. The van der Waals surface area contributed by atoms with Crippen molar-refractivity contribution >= 4 is 29.3 Å². The topological polar surface area (TPSA) is 108 Å². The highest BCUT2D eigenvalue weighted by Crippen LogP contribution is 2.39. The van der Waals surface area contributed by atoms with Crippen LogP contribution >= 0.6 is 0 Å². The molecule has 3 heterocycles. The van der Waals surface area contributed by atoms with Crippen LogP contribution in [0.2, 0.25) is 0 Å². The van der Waals surface area contributed by atoms with Crippen molar-refractivity contribution in [3.63, 3.8) is 0 Å². The zero-order valence-corrected chi connectivity index (χ0v) is 20.4. The zero-order chi connectivity index (χ0) is 26.3. The number of nitrogens with zero attached hydrogens (tertiary/aromatic N) is 3. The number of hydrogen-bond donors (Lipinski definition) is 1. The molecule has 10 nitrogen and oxygen atoms in total. The first-order valence-electron chi connectivity index (χ1n) is 11.8. The second-order valence-electron chi connectivity index (χ2n) is 8.93. The van der Waals surface area contributed by atoms with Gasteiger partial charge in [0, 0.05) is 25.7 Å². The first kappa shape index (κ1) is 24.3. The smallest absolute Gasteiger partial charge is 0.271 e. The number of morpholine rings is 1. The molecule has 37 heavy (non-hydrogen) atoms. The Bertz CT molecular complexity index is 1360. The second kappa shape index (κ2) is 9.55. The molecular formula is C27H26N4O6. The summed E-state index contributed by atoms with van der Waals surface area (Å²) in [4.78, 5) is 55.2. The van der Waals surface area contributed by atoms with E-state index in [2.05, 4.69) is 18.5 Å². The number of hydrogen-bond acceptors (Lipinski definition) is 6. The average Bonchev–Trinajstić information content (AvgIpc) is 3.26. The molecule has 0 bridgehead atoms. The number of likely N-dealkylation sites (N-methyl/N-ethyl adjacent to an activating group) is 1.